The number of aryl methyl sites for hydroxylation is 1. The van der Waals surface area contributed by atoms with Crippen LogP contribution in [0.4, 0.5) is 5.82 Å². The van der Waals surface area contributed by atoms with Crippen LogP contribution in [0.5, 0.6) is 0 Å². The quantitative estimate of drug-likeness (QED) is 0.655. The molecule has 7 heteroatoms. The SMILES string of the molecule is Cc1oc2ncnc(N(C)C3(C)CC3)c2c1C(=O)N1CCC(c2ccccn2)CC1. The second-order valence-electron chi connectivity index (χ2n) is 8.79. The van der Waals surface area contributed by atoms with E-state index >= 15 is 0 Å². The van der Waals surface area contributed by atoms with Crippen LogP contribution < -0.4 is 4.90 Å². The van der Waals surface area contributed by atoms with Crippen molar-refractivity contribution in [3.63, 3.8) is 0 Å². The lowest BCUT2D eigenvalue weighted by Gasteiger charge is -2.32. The van der Waals surface area contributed by atoms with Crippen LogP contribution in [0.15, 0.2) is 35.1 Å². The van der Waals surface area contributed by atoms with E-state index in [1.807, 2.05) is 37.2 Å². The van der Waals surface area contributed by atoms with Crippen molar-refractivity contribution < 1.29 is 9.21 Å². The molecule has 1 saturated heterocycles. The highest BCUT2D eigenvalue weighted by molar-refractivity contribution is 6.10. The van der Waals surface area contributed by atoms with Gasteiger partial charge in [-0.1, -0.05) is 6.07 Å². The number of anilines is 1. The predicted octanol–water partition coefficient (Wildman–Crippen LogP) is 3.93. The number of rotatable bonds is 4. The van der Waals surface area contributed by atoms with E-state index in [-0.39, 0.29) is 11.4 Å². The Kier molecular flexibility index (Phi) is 4.49. The second kappa shape index (κ2) is 7.07. The molecule has 5 rings (SSSR count). The van der Waals surface area contributed by atoms with E-state index in [2.05, 4.69) is 32.8 Å². The van der Waals surface area contributed by atoms with Crippen molar-refractivity contribution in [3.05, 3.63) is 47.7 Å². The summed E-state index contributed by atoms with van der Waals surface area (Å²) in [6, 6.07) is 6.04. The summed E-state index contributed by atoms with van der Waals surface area (Å²) in [6.07, 6.45) is 7.44. The van der Waals surface area contributed by atoms with E-state index in [0.29, 0.717) is 36.0 Å². The summed E-state index contributed by atoms with van der Waals surface area (Å²) in [5.41, 5.74) is 2.30. The summed E-state index contributed by atoms with van der Waals surface area (Å²) in [7, 11) is 2.05. The lowest BCUT2D eigenvalue weighted by molar-refractivity contribution is 0.0712. The van der Waals surface area contributed by atoms with Crippen LogP contribution in [0.25, 0.3) is 11.1 Å². The largest absolute Gasteiger partial charge is 0.442 e. The molecular formula is C23H27N5O2. The van der Waals surface area contributed by atoms with Gasteiger partial charge in [-0.15, -0.1) is 0 Å². The van der Waals surface area contributed by atoms with Gasteiger partial charge in [-0.05, 0) is 51.7 Å². The molecule has 30 heavy (non-hydrogen) atoms. The molecule has 1 saturated carbocycles. The molecule has 0 bridgehead atoms. The van der Waals surface area contributed by atoms with Gasteiger partial charge < -0.3 is 14.2 Å². The van der Waals surface area contributed by atoms with E-state index in [1.54, 1.807) is 0 Å². The minimum absolute atomic E-state index is 0.0103. The number of amides is 1. The van der Waals surface area contributed by atoms with Crippen LogP contribution in [0.1, 0.15) is 60.3 Å². The minimum atomic E-state index is 0.0103. The number of piperidine rings is 1. The van der Waals surface area contributed by atoms with Crippen LogP contribution in [0, 0.1) is 6.92 Å². The topological polar surface area (TPSA) is 75.4 Å². The molecule has 156 valence electrons. The van der Waals surface area contributed by atoms with Gasteiger partial charge >= 0.3 is 0 Å². The first-order chi connectivity index (χ1) is 14.5. The molecule has 3 aromatic rings. The third-order valence-electron chi connectivity index (χ3n) is 6.85. The van der Waals surface area contributed by atoms with Crippen molar-refractivity contribution in [2.75, 3.05) is 25.0 Å². The van der Waals surface area contributed by atoms with E-state index in [4.69, 9.17) is 4.42 Å². The third-order valence-corrected chi connectivity index (χ3v) is 6.85. The van der Waals surface area contributed by atoms with Crippen molar-refractivity contribution in [2.45, 2.75) is 51.0 Å². The molecule has 0 spiro atoms. The number of nitrogens with zero attached hydrogens (tertiary/aromatic N) is 5. The number of hydrogen-bond acceptors (Lipinski definition) is 6. The zero-order chi connectivity index (χ0) is 20.9. The number of carbonyl (C=O) groups excluding carboxylic acids is 1. The molecule has 3 aromatic heterocycles. The van der Waals surface area contributed by atoms with E-state index in [9.17, 15) is 4.79 Å². The number of likely N-dealkylation sites (tertiary alicyclic amines) is 1. The zero-order valence-electron chi connectivity index (χ0n) is 17.8. The maximum Gasteiger partial charge on any atom is 0.258 e. The van der Waals surface area contributed by atoms with Crippen molar-refractivity contribution in [1.29, 1.82) is 0 Å². The Morgan fingerprint density at radius 3 is 2.63 bits per heavy atom. The van der Waals surface area contributed by atoms with Crippen molar-refractivity contribution in [3.8, 4) is 0 Å². The summed E-state index contributed by atoms with van der Waals surface area (Å²) in [4.78, 5) is 31.0. The van der Waals surface area contributed by atoms with Gasteiger partial charge in [-0.25, -0.2) is 9.97 Å². The standard InChI is InChI=1S/C23H27N5O2/c1-15-18(19-20(25-14-26-21(19)30-15)27(3)23(2)9-10-23)22(29)28-12-7-16(8-13-28)17-6-4-5-11-24-17/h4-6,11,14,16H,7-10,12-13H2,1-3H3. The highest BCUT2D eigenvalue weighted by Gasteiger charge is 2.43. The highest BCUT2D eigenvalue weighted by Crippen LogP contribution is 2.44. The van der Waals surface area contributed by atoms with Crippen LogP contribution in [-0.2, 0) is 0 Å². The first-order valence-electron chi connectivity index (χ1n) is 10.7. The lowest BCUT2D eigenvalue weighted by Crippen LogP contribution is -2.38. The molecule has 0 radical (unpaired) electrons. The van der Waals surface area contributed by atoms with Gasteiger partial charge in [0.05, 0.1) is 10.9 Å². The molecule has 0 aromatic carbocycles. The van der Waals surface area contributed by atoms with Gasteiger partial charge in [0.25, 0.3) is 5.91 Å². The Labute approximate surface area is 176 Å². The molecule has 0 unspecified atom stereocenters. The Hall–Kier alpha value is -2.96. The van der Waals surface area contributed by atoms with Gasteiger partial charge in [-0.3, -0.25) is 9.78 Å². The zero-order valence-corrected chi connectivity index (χ0v) is 17.8. The molecule has 0 N–H and O–H groups in total. The molecule has 4 heterocycles. The first kappa shape index (κ1) is 19.0. The number of furan rings is 1. The fourth-order valence-electron chi connectivity index (χ4n) is 4.47. The number of hydrogen-bond donors (Lipinski definition) is 0. The Bertz CT molecular complexity index is 1080. The van der Waals surface area contributed by atoms with E-state index in [1.165, 1.54) is 6.33 Å². The lowest BCUT2D eigenvalue weighted by atomic mass is 9.92. The average molecular weight is 406 g/mol. The number of carbonyl (C=O) groups is 1. The summed E-state index contributed by atoms with van der Waals surface area (Å²) >= 11 is 0. The molecular weight excluding hydrogens is 378 g/mol. The van der Waals surface area contributed by atoms with Crippen LogP contribution in [-0.4, -0.2) is 51.4 Å². The fraction of sp³-hybridized carbons (Fsp3) is 0.478. The van der Waals surface area contributed by atoms with Crippen LogP contribution >= 0.6 is 0 Å². The van der Waals surface area contributed by atoms with Gasteiger partial charge in [0.2, 0.25) is 5.71 Å². The minimum Gasteiger partial charge on any atom is -0.442 e. The van der Waals surface area contributed by atoms with Gasteiger partial charge in [0, 0.05) is 43.5 Å². The molecule has 7 nitrogen and oxygen atoms in total. The monoisotopic (exact) mass is 405 g/mol. The molecule has 2 aliphatic rings. The third kappa shape index (κ3) is 3.13. The van der Waals surface area contributed by atoms with Crippen LogP contribution in [0.3, 0.4) is 0 Å². The second-order valence-corrected chi connectivity index (χ2v) is 8.79. The van der Waals surface area contributed by atoms with Crippen LogP contribution in [0.2, 0.25) is 0 Å². The van der Waals surface area contributed by atoms with E-state index < -0.39 is 0 Å². The average Bonchev–Trinajstić information content (AvgIpc) is 3.44. The summed E-state index contributed by atoms with van der Waals surface area (Å²) in [5.74, 6) is 1.80. The Morgan fingerprint density at radius 2 is 1.97 bits per heavy atom. The maximum absolute atomic E-state index is 13.6. The molecule has 1 aliphatic carbocycles. The van der Waals surface area contributed by atoms with Gasteiger partial charge in [0.15, 0.2) is 0 Å². The smallest absolute Gasteiger partial charge is 0.258 e. The maximum atomic E-state index is 13.6. The van der Waals surface area contributed by atoms with Crippen molar-refractivity contribution in [1.82, 2.24) is 19.9 Å². The predicted molar refractivity (Wildman–Crippen MR) is 115 cm³/mol. The summed E-state index contributed by atoms with van der Waals surface area (Å²) in [6.45, 7) is 5.49. The Balaban J connectivity index is 1.43. The molecule has 0 atom stereocenters. The Morgan fingerprint density at radius 1 is 1.20 bits per heavy atom. The molecule has 2 fully saturated rings. The van der Waals surface area contributed by atoms with Gasteiger partial charge in [-0.2, -0.15) is 0 Å². The summed E-state index contributed by atoms with van der Waals surface area (Å²) < 4.78 is 5.89. The van der Waals surface area contributed by atoms with Gasteiger partial charge in [0.1, 0.15) is 17.9 Å². The highest BCUT2D eigenvalue weighted by atomic mass is 16.3. The summed E-state index contributed by atoms with van der Waals surface area (Å²) in [5, 5.41) is 0.738. The molecule has 1 amide bonds. The first-order valence-corrected chi connectivity index (χ1v) is 10.7. The number of pyridine rings is 1. The van der Waals surface area contributed by atoms with Crippen molar-refractivity contribution >= 4 is 22.8 Å². The number of fused-ring (bicyclic) bond motifs is 1. The fourth-order valence-corrected chi connectivity index (χ4v) is 4.47. The number of aromatic nitrogens is 3. The van der Waals surface area contributed by atoms with Crippen molar-refractivity contribution in [2.24, 2.45) is 0 Å². The van der Waals surface area contributed by atoms with E-state index in [0.717, 1.165) is 42.6 Å². The normalized spacial score (nSPS) is 18.6. The molecule has 1 aliphatic heterocycles.